The van der Waals surface area contributed by atoms with Crippen LogP contribution in [0.1, 0.15) is 37.3 Å². The number of nitrogens with one attached hydrogen (secondary N) is 1. The molecule has 1 aliphatic heterocycles. The van der Waals surface area contributed by atoms with Crippen molar-refractivity contribution in [2.24, 2.45) is 0 Å². The molecule has 2 aromatic rings. The van der Waals surface area contributed by atoms with Crippen molar-refractivity contribution in [3.63, 3.8) is 0 Å². The van der Waals surface area contributed by atoms with E-state index in [1.807, 2.05) is 37.3 Å². The van der Waals surface area contributed by atoms with E-state index in [2.05, 4.69) is 36.2 Å². The van der Waals surface area contributed by atoms with Crippen LogP contribution in [0.25, 0.3) is 0 Å². The van der Waals surface area contributed by atoms with Gasteiger partial charge in [0.15, 0.2) is 6.61 Å². The van der Waals surface area contributed by atoms with Gasteiger partial charge in [0.05, 0.1) is 0 Å². The van der Waals surface area contributed by atoms with Crippen molar-refractivity contribution in [3.8, 4) is 5.75 Å². The zero-order valence-corrected chi connectivity index (χ0v) is 15.9. The molecule has 1 fully saturated rings. The van der Waals surface area contributed by atoms with Crippen LogP contribution in [0.5, 0.6) is 5.75 Å². The number of hydrogen-bond donors (Lipinski definition) is 1. The topological polar surface area (TPSA) is 41.6 Å². The van der Waals surface area contributed by atoms with E-state index in [9.17, 15) is 4.79 Å². The summed E-state index contributed by atoms with van der Waals surface area (Å²) in [5.74, 6) is 0.569. The molecular formula is C22H28N2O2. The van der Waals surface area contributed by atoms with E-state index in [0.29, 0.717) is 6.04 Å². The first-order chi connectivity index (χ1) is 12.5. The third-order valence-corrected chi connectivity index (χ3v) is 5.13. The molecule has 1 saturated heterocycles. The quantitative estimate of drug-likeness (QED) is 0.848. The molecule has 4 nitrogen and oxygen atoms in total. The molecule has 2 aromatic carbocycles. The highest BCUT2D eigenvalue weighted by Crippen LogP contribution is 2.25. The van der Waals surface area contributed by atoms with E-state index in [1.165, 1.54) is 30.5 Å². The van der Waals surface area contributed by atoms with Crippen molar-refractivity contribution >= 4 is 17.3 Å². The highest BCUT2D eigenvalue weighted by atomic mass is 16.5. The van der Waals surface area contributed by atoms with Crippen LogP contribution in [0.4, 0.5) is 11.4 Å². The van der Waals surface area contributed by atoms with Crippen molar-refractivity contribution in [3.05, 3.63) is 53.6 Å². The molecule has 3 rings (SSSR count). The lowest BCUT2D eigenvalue weighted by molar-refractivity contribution is -0.118. The van der Waals surface area contributed by atoms with Crippen LogP contribution < -0.4 is 15.0 Å². The molecule has 1 aliphatic rings. The first-order valence-electron chi connectivity index (χ1n) is 9.39. The third kappa shape index (κ3) is 4.57. The monoisotopic (exact) mass is 352 g/mol. The molecule has 1 N–H and O–H groups in total. The van der Waals surface area contributed by atoms with E-state index >= 15 is 0 Å². The Bertz CT molecular complexity index is 755. The largest absolute Gasteiger partial charge is 0.484 e. The molecular weight excluding hydrogens is 324 g/mol. The van der Waals surface area contributed by atoms with Crippen LogP contribution in [-0.2, 0) is 4.79 Å². The lowest BCUT2D eigenvalue weighted by Gasteiger charge is -2.35. The van der Waals surface area contributed by atoms with Gasteiger partial charge in [0, 0.05) is 24.0 Å². The van der Waals surface area contributed by atoms with Gasteiger partial charge >= 0.3 is 0 Å². The van der Waals surface area contributed by atoms with Gasteiger partial charge in [-0.25, -0.2) is 0 Å². The second-order valence-electron chi connectivity index (χ2n) is 7.17. The zero-order valence-electron chi connectivity index (χ0n) is 15.9. The van der Waals surface area contributed by atoms with E-state index in [4.69, 9.17) is 4.74 Å². The Hall–Kier alpha value is -2.49. The number of piperidine rings is 1. The Morgan fingerprint density at radius 1 is 1.12 bits per heavy atom. The van der Waals surface area contributed by atoms with Crippen molar-refractivity contribution in [1.29, 1.82) is 0 Å². The van der Waals surface area contributed by atoms with Gasteiger partial charge in [-0.3, -0.25) is 4.79 Å². The van der Waals surface area contributed by atoms with E-state index in [-0.39, 0.29) is 12.5 Å². The molecule has 0 unspecified atom stereocenters. The number of rotatable bonds is 5. The van der Waals surface area contributed by atoms with Gasteiger partial charge in [-0.15, -0.1) is 0 Å². The third-order valence-electron chi connectivity index (χ3n) is 5.13. The highest BCUT2D eigenvalue weighted by Gasteiger charge is 2.18. The van der Waals surface area contributed by atoms with Gasteiger partial charge in [0.25, 0.3) is 5.91 Å². The molecule has 4 heteroatoms. The molecule has 0 aromatic heterocycles. The number of amides is 1. The standard InChI is InChI=1S/C22H28N2O2/c1-16-7-12-21(14-17(16)2)26-15-22(25)23-19-8-10-20(11-9-19)24-13-5-4-6-18(24)3/h7-12,14,18H,4-6,13,15H2,1-3H3,(H,23,25)/t18-/m0/s1. The molecule has 1 heterocycles. The maximum absolute atomic E-state index is 12.1. The van der Waals surface area contributed by atoms with Gasteiger partial charge in [0.2, 0.25) is 0 Å². The molecule has 1 amide bonds. The summed E-state index contributed by atoms with van der Waals surface area (Å²) < 4.78 is 5.59. The number of carbonyl (C=O) groups is 1. The SMILES string of the molecule is Cc1ccc(OCC(=O)Nc2ccc(N3CCCC[C@@H]3C)cc2)cc1C. The number of ether oxygens (including phenoxy) is 1. The van der Waals surface area contributed by atoms with Gasteiger partial charge in [-0.05, 0) is 87.6 Å². The predicted octanol–water partition coefficient (Wildman–Crippen LogP) is 4.70. The minimum atomic E-state index is -0.151. The minimum absolute atomic E-state index is 0.00735. The smallest absolute Gasteiger partial charge is 0.262 e. The fraction of sp³-hybridized carbons (Fsp3) is 0.409. The number of benzene rings is 2. The van der Waals surface area contributed by atoms with Crippen LogP contribution >= 0.6 is 0 Å². The first-order valence-corrected chi connectivity index (χ1v) is 9.39. The number of hydrogen-bond acceptors (Lipinski definition) is 3. The Kier molecular flexibility index (Phi) is 5.82. The Balaban J connectivity index is 1.53. The maximum atomic E-state index is 12.1. The summed E-state index contributed by atoms with van der Waals surface area (Å²) in [6, 6.07) is 14.5. The van der Waals surface area contributed by atoms with Crippen LogP contribution in [0, 0.1) is 13.8 Å². The van der Waals surface area contributed by atoms with Crippen LogP contribution in [-0.4, -0.2) is 25.1 Å². The summed E-state index contributed by atoms with van der Waals surface area (Å²) in [6.07, 6.45) is 3.80. The first kappa shape index (κ1) is 18.3. The van der Waals surface area contributed by atoms with Gasteiger partial charge in [0.1, 0.15) is 5.75 Å². The average Bonchev–Trinajstić information content (AvgIpc) is 2.64. The normalized spacial score (nSPS) is 17.0. The summed E-state index contributed by atoms with van der Waals surface area (Å²) in [7, 11) is 0. The molecule has 0 saturated carbocycles. The minimum Gasteiger partial charge on any atom is -0.484 e. The van der Waals surface area contributed by atoms with Crippen LogP contribution in [0.3, 0.4) is 0 Å². The van der Waals surface area contributed by atoms with E-state index in [0.717, 1.165) is 23.5 Å². The summed E-state index contributed by atoms with van der Waals surface area (Å²) in [5, 5.41) is 2.90. The number of carbonyl (C=O) groups excluding carboxylic acids is 1. The lowest BCUT2D eigenvalue weighted by Crippen LogP contribution is -2.37. The average molecular weight is 352 g/mol. The molecule has 0 bridgehead atoms. The summed E-state index contributed by atoms with van der Waals surface area (Å²) >= 11 is 0. The summed E-state index contributed by atoms with van der Waals surface area (Å²) in [6.45, 7) is 7.48. The zero-order chi connectivity index (χ0) is 18.5. The van der Waals surface area contributed by atoms with Crippen molar-refractivity contribution in [2.75, 3.05) is 23.4 Å². The molecule has 0 spiro atoms. The van der Waals surface area contributed by atoms with Gasteiger partial charge in [-0.2, -0.15) is 0 Å². The summed E-state index contributed by atoms with van der Waals surface area (Å²) in [4.78, 5) is 14.6. The molecule has 0 aliphatic carbocycles. The van der Waals surface area contributed by atoms with Crippen LogP contribution in [0.15, 0.2) is 42.5 Å². The van der Waals surface area contributed by atoms with E-state index in [1.54, 1.807) is 0 Å². The number of nitrogens with zero attached hydrogens (tertiary/aromatic N) is 1. The maximum Gasteiger partial charge on any atom is 0.262 e. The number of aryl methyl sites for hydroxylation is 2. The predicted molar refractivity (Wildman–Crippen MR) is 107 cm³/mol. The highest BCUT2D eigenvalue weighted by molar-refractivity contribution is 5.92. The van der Waals surface area contributed by atoms with Gasteiger partial charge < -0.3 is 15.0 Å². The second-order valence-corrected chi connectivity index (χ2v) is 7.17. The summed E-state index contributed by atoms with van der Waals surface area (Å²) in [5.41, 5.74) is 4.39. The van der Waals surface area contributed by atoms with Crippen LogP contribution in [0.2, 0.25) is 0 Å². The molecule has 0 radical (unpaired) electrons. The lowest BCUT2D eigenvalue weighted by atomic mass is 10.0. The molecule has 26 heavy (non-hydrogen) atoms. The fourth-order valence-electron chi connectivity index (χ4n) is 3.37. The van der Waals surface area contributed by atoms with Crippen molar-refractivity contribution < 1.29 is 9.53 Å². The molecule has 138 valence electrons. The molecule has 1 atom stereocenters. The van der Waals surface area contributed by atoms with Crippen molar-refractivity contribution in [1.82, 2.24) is 0 Å². The Labute approximate surface area is 156 Å². The Morgan fingerprint density at radius 2 is 1.88 bits per heavy atom. The Morgan fingerprint density at radius 3 is 2.58 bits per heavy atom. The van der Waals surface area contributed by atoms with E-state index < -0.39 is 0 Å². The van der Waals surface area contributed by atoms with Crippen molar-refractivity contribution in [2.45, 2.75) is 46.1 Å². The fourth-order valence-corrected chi connectivity index (χ4v) is 3.37. The van der Waals surface area contributed by atoms with Gasteiger partial charge in [-0.1, -0.05) is 6.07 Å². The second kappa shape index (κ2) is 8.26. The number of anilines is 2.